The third-order valence-corrected chi connectivity index (χ3v) is 5.68. The van der Waals surface area contributed by atoms with Crippen molar-refractivity contribution in [1.29, 1.82) is 5.26 Å². The number of nitrogens with zero attached hydrogens (tertiary/aromatic N) is 3. The number of rotatable bonds is 5. The maximum atomic E-state index is 10.2. The highest BCUT2D eigenvalue weighted by Crippen LogP contribution is 2.40. The van der Waals surface area contributed by atoms with Crippen LogP contribution in [0.25, 0.3) is 0 Å². The standard InChI is InChI=1S/C19H21N5OS2/c1-11-8-9-14(26-11)16(19(2,3)4)22-18-17(23-27-24-18)21-13-7-5-6-12(10-20)15(13)25/h5-9,16,25H,1-4H3,(H,21,23)(H,22,24). The normalized spacial score (nSPS) is 12.4. The minimum absolute atomic E-state index is 0.0406. The molecule has 2 heterocycles. The summed E-state index contributed by atoms with van der Waals surface area (Å²) >= 11 is 2.84. The fourth-order valence-corrected chi connectivity index (χ4v) is 4.34. The monoisotopic (exact) mass is 399 g/mol. The molecule has 0 saturated carbocycles. The van der Waals surface area contributed by atoms with Gasteiger partial charge in [0.05, 0.1) is 29.0 Å². The molecule has 27 heavy (non-hydrogen) atoms. The Hall–Kier alpha value is -2.63. The van der Waals surface area contributed by atoms with Gasteiger partial charge in [0, 0.05) is 9.75 Å². The van der Waals surface area contributed by atoms with Gasteiger partial charge in [-0.1, -0.05) is 26.8 Å². The zero-order valence-corrected chi connectivity index (χ0v) is 17.2. The quantitative estimate of drug-likeness (QED) is 0.495. The molecule has 140 valence electrons. The van der Waals surface area contributed by atoms with Gasteiger partial charge in [-0.05, 0) is 36.6 Å². The van der Waals surface area contributed by atoms with Crippen molar-refractivity contribution in [2.24, 2.45) is 5.41 Å². The van der Waals surface area contributed by atoms with Crippen LogP contribution in [0.15, 0.2) is 30.3 Å². The van der Waals surface area contributed by atoms with Gasteiger partial charge in [-0.3, -0.25) is 0 Å². The third kappa shape index (κ3) is 4.21. The second-order valence-corrected chi connectivity index (χ2v) is 9.14. The van der Waals surface area contributed by atoms with Crippen molar-refractivity contribution in [3.63, 3.8) is 0 Å². The summed E-state index contributed by atoms with van der Waals surface area (Å²) in [6.07, 6.45) is 0. The Balaban J connectivity index is 1.89. The van der Waals surface area contributed by atoms with Gasteiger partial charge in [-0.25, -0.2) is 0 Å². The molecule has 0 amide bonds. The Morgan fingerprint density at radius 1 is 1.15 bits per heavy atom. The first-order valence-corrected chi connectivity index (χ1v) is 9.99. The molecule has 1 atom stereocenters. The zero-order valence-electron chi connectivity index (χ0n) is 15.6. The molecule has 3 aromatic rings. The number of benzene rings is 1. The molecule has 0 aliphatic heterocycles. The number of hydrogen-bond acceptors (Lipinski definition) is 8. The van der Waals surface area contributed by atoms with E-state index in [0.717, 1.165) is 11.7 Å². The van der Waals surface area contributed by atoms with Crippen LogP contribution in [-0.2, 0) is 0 Å². The number of aryl methyl sites for hydroxylation is 1. The first kappa shape index (κ1) is 19.1. The highest BCUT2D eigenvalue weighted by Gasteiger charge is 2.29. The maximum absolute atomic E-state index is 10.2. The highest BCUT2D eigenvalue weighted by atomic mass is 32.1. The summed E-state index contributed by atoms with van der Waals surface area (Å²) in [5, 5.41) is 25.9. The predicted molar refractivity (Wildman–Crippen MR) is 111 cm³/mol. The van der Waals surface area contributed by atoms with E-state index in [-0.39, 0.29) is 22.8 Å². The van der Waals surface area contributed by atoms with Crippen molar-refractivity contribution in [3.8, 4) is 11.8 Å². The minimum Gasteiger partial charge on any atom is -0.504 e. The molecule has 1 unspecified atom stereocenters. The van der Waals surface area contributed by atoms with Gasteiger partial charge in [0.25, 0.3) is 0 Å². The SMILES string of the molecule is Cc1ccc(C(Nc2nsnc2Nc2cccc(C#N)c2O)C(C)(C)C)s1. The lowest BCUT2D eigenvalue weighted by Crippen LogP contribution is -2.25. The van der Waals surface area contributed by atoms with Crippen LogP contribution in [0.2, 0.25) is 0 Å². The molecule has 3 N–H and O–H groups in total. The average molecular weight is 400 g/mol. The maximum Gasteiger partial charge on any atom is 0.188 e. The summed E-state index contributed by atoms with van der Waals surface area (Å²) in [5.41, 5.74) is 0.588. The van der Waals surface area contributed by atoms with Crippen molar-refractivity contribution in [2.45, 2.75) is 33.7 Å². The number of aromatic hydroxyl groups is 1. The van der Waals surface area contributed by atoms with Gasteiger partial charge in [0.1, 0.15) is 6.07 Å². The lowest BCUT2D eigenvalue weighted by molar-refractivity contribution is 0.351. The van der Waals surface area contributed by atoms with E-state index in [1.807, 2.05) is 6.07 Å². The number of anilines is 3. The van der Waals surface area contributed by atoms with Crippen LogP contribution in [0.4, 0.5) is 17.3 Å². The number of phenols is 1. The van der Waals surface area contributed by atoms with Crippen molar-refractivity contribution < 1.29 is 5.11 Å². The summed E-state index contributed by atoms with van der Waals surface area (Å²) in [6, 6.07) is 11.2. The number of hydrogen-bond donors (Lipinski definition) is 3. The smallest absolute Gasteiger partial charge is 0.188 e. The van der Waals surface area contributed by atoms with E-state index in [1.54, 1.807) is 29.5 Å². The molecule has 0 spiro atoms. The van der Waals surface area contributed by atoms with Crippen LogP contribution in [0, 0.1) is 23.7 Å². The van der Waals surface area contributed by atoms with Crippen LogP contribution >= 0.6 is 23.1 Å². The number of nitriles is 1. The fourth-order valence-electron chi connectivity index (χ4n) is 2.69. The van der Waals surface area contributed by atoms with Crippen molar-refractivity contribution in [3.05, 3.63) is 45.6 Å². The topological polar surface area (TPSA) is 93.9 Å². The van der Waals surface area contributed by atoms with Gasteiger partial charge >= 0.3 is 0 Å². The van der Waals surface area contributed by atoms with Gasteiger partial charge in [0.15, 0.2) is 17.4 Å². The molecule has 0 bridgehead atoms. The molecule has 3 rings (SSSR count). The third-order valence-electron chi connectivity index (χ3n) is 4.09. The number of phenolic OH excluding ortho intramolecular Hbond substituents is 1. The molecule has 0 aliphatic rings. The Morgan fingerprint density at radius 3 is 2.52 bits per heavy atom. The second-order valence-electron chi connectivity index (χ2n) is 7.29. The predicted octanol–water partition coefficient (Wildman–Crippen LogP) is 5.43. The summed E-state index contributed by atoms with van der Waals surface area (Å²) in [5.74, 6) is 1.04. The summed E-state index contributed by atoms with van der Waals surface area (Å²) in [6.45, 7) is 8.62. The molecular weight excluding hydrogens is 378 g/mol. The summed E-state index contributed by atoms with van der Waals surface area (Å²) in [4.78, 5) is 2.49. The van der Waals surface area contributed by atoms with Crippen LogP contribution in [0.1, 0.15) is 42.1 Å². The lowest BCUT2D eigenvalue weighted by atomic mass is 9.86. The first-order chi connectivity index (χ1) is 12.8. The first-order valence-electron chi connectivity index (χ1n) is 8.44. The fraction of sp³-hybridized carbons (Fsp3) is 0.316. The lowest BCUT2D eigenvalue weighted by Gasteiger charge is -2.31. The van der Waals surface area contributed by atoms with E-state index in [0.29, 0.717) is 17.3 Å². The van der Waals surface area contributed by atoms with E-state index in [4.69, 9.17) is 5.26 Å². The average Bonchev–Trinajstić information content (AvgIpc) is 3.22. The molecule has 0 aliphatic carbocycles. The molecule has 0 saturated heterocycles. The molecule has 0 radical (unpaired) electrons. The largest absolute Gasteiger partial charge is 0.504 e. The van der Waals surface area contributed by atoms with Crippen LogP contribution in [0.3, 0.4) is 0 Å². The van der Waals surface area contributed by atoms with Gasteiger partial charge < -0.3 is 15.7 Å². The summed E-state index contributed by atoms with van der Waals surface area (Å²) in [7, 11) is 0. The van der Waals surface area contributed by atoms with Crippen LogP contribution in [0.5, 0.6) is 5.75 Å². The van der Waals surface area contributed by atoms with Gasteiger partial charge in [-0.15, -0.1) is 11.3 Å². The van der Waals surface area contributed by atoms with E-state index in [2.05, 4.69) is 59.2 Å². The number of nitrogens with one attached hydrogen (secondary N) is 2. The second kappa shape index (κ2) is 7.55. The van der Waals surface area contributed by atoms with Gasteiger partial charge in [0.2, 0.25) is 0 Å². The Labute approximate surface area is 166 Å². The van der Waals surface area contributed by atoms with Crippen LogP contribution < -0.4 is 10.6 Å². The Kier molecular flexibility index (Phi) is 5.35. The number of para-hydroxylation sites is 1. The van der Waals surface area contributed by atoms with E-state index in [1.165, 1.54) is 9.75 Å². The molecule has 8 heteroatoms. The molecule has 6 nitrogen and oxygen atoms in total. The Bertz CT molecular complexity index is 981. The molecule has 1 aromatic carbocycles. The van der Waals surface area contributed by atoms with Crippen molar-refractivity contribution >= 4 is 40.4 Å². The number of thiophene rings is 1. The van der Waals surface area contributed by atoms with E-state index >= 15 is 0 Å². The molecule has 2 aromatic heterocycles. The molecular formula is C19H21N5OS2. The van der Waals surface area contributed by atoms with E-state index < -0.39 is 0 Å². The van der Waals surface area contributed by atoms with Gasteiger partial charge in [-0.2, -0.15) is 14.0 Å². The molecule has 0 fully saturated rings. The highest BCUT2D eigenvalue weighted by molar-refractivity contribution is 7.12. The number of aromatic nitrogens is 2. The van der Waals surface area contributed by atoms with E-state index in [9.17, 15) is 5.11 Å². The van der Waals surface area contributed by atoms with Crippen LogP contribution in [-0.4, -0.2) is 13.9 Å². The minimum atomic E-state index is -0.0970. The Morgan fingerprint density at radius 2 is 1.89 bits per heavy atom. The summed E-state index contributed by atoms with van der Waals surface area (Å²) < 4.78 is 8.69. The zero-order chi connectivity index (χ0) is 19.6. The van der Waals surface area contributed by atoms with Crippen molar-refractivity contribution in [2.75, 3.05) is 10.6 Å². The van der Waals surface area contributed by atoms with Crippen molar-refractivity contribution in [1.82, 2.24) is 8.75 Å².